The van der Waals surface area contributed by atoms with E-state index < -0.39 is 11.9 Å². The standard InChI is InChI=1S/C21H21ClFN5OS/c1-27-19(13-6-4-3-5-7-13)12-24-20(27)17-11-18(28(2)30-26-17)21(29)25-14-8-9-16(23)15(22)10-14/h3-10,12,17-18,26H,11H2,1-2H3,(H,25,29). The van der Waals surface area contributed by atoms with Crippen LogP contribution in [-0.2, 0) is 11.8 Å². The Balaban J connectivity index is 1.51. The van der Waals surface area contributed by atoms with E-state index in [1.54, 1.807) is 0 Å². The van der Waals surface area contributed by atoms with Crippen molar-refractivity contribution in [3.8, 4) is 11.3 Å². The van der Waals surface area contributed by atoms with Gasteiger partial charge < -0.3 is 9.88 Å². The van der Waals surface area contributed by atoms with Crippen LogP contribution in [0.5, 0.6) is 0 Å². The number of likely N-dealkylation sites (N-methyl/N-ethyl adjacent to an activating group) is 1. The fourth-order valence-electron chi connectivity index (χ4n) is 3.48. The molecule has 2 aromatic carbocycles. The van der Waals surface area contributed by atoms with Crippen LogP contribution < -0.4 is 10.0 Å². The van der Waals surface area contributed by atoms with E-state index in [1.807, 2.05) is 59.5 Å². The van der Waals surface area contributed by atoms with Gasteiger partial charge in [0.05, 0.1) is 23.0 Å². The molecule has 1 aliphatic rings. The summed E-state index contributed by atoms with van der Waals surface area (Å²) in [5.74, 6) is 0.155. The van der Waals surface area contributed by atoms with Crippen LogP contribution in [0.15, 0.2) is 54.7 Å². The predicted molar refractivity (Wildman–Crippen MR) is 118 cm³/mol. The van der Waals surface area contributed by atoms with Crippen LogP contribution in [0.3, 0.4) is 0 Å². The summed E-state index contributed by atoms with van der Waals surface area (Å²) in [5.41, 5.74) is 2.56. The normalized spacial score (nSPS) is 19.6. The molecule has 2 unspecified atom stereocenters. The summed E-state index contributed by atoms with van der Waals surface area (Å²) in [4.78, 5) is 17.5. The van der Waals surface area contributed by atoms with Gasteiger partial charge in [-0.25, -0.2) is 18.4 Å². The highest BCUT2D eigenvalue weighted by molar-refractivity contribution is 7.95. The van der Waals surface area contributed by atoms with Crippen LogP contribution in [0, 0.1) is 5.82 Å². The van der Waals surface area contributed by atoms with Crippen molar-refractivity contribution < 1.29 is 9.18 Å². The highest BCUT2D eigenvalue weighted by atomic mass is 35.5. The molecule has 0 radical (unpaired) electrons. The van der Waals surface area contributed by atoms with Crippen LogP contribution in [0.1, 0.15) is 18.3 Å². The number of carbonyl (C=O) groups excluding carboxylic acids is 1. The molecule has 6 nitrogen and oxygen atoms in total. The number of nitrogens with one attached hydrogen (secondary N) is 2. The topological polar surface area (TPSA) is 62.2 Å². The third-order valence-corrected chi connectivity index (χ3v) is 6.35. The highest BCUT2D eigenvalue weighted by Gasteiger charge is 2.34. The molecule has 1 amide bonds. The maximum atomic E-state index is 13.4. The Kier molecular flexibility index (Phi) is 6.10. The largest absolute Gasteiger partial charge is 0.330 e. The molecule has 2 N–H and O–H groups in total. The molecule has 2 heterocycles. The quantitative estimate of drug-likeness (QED) is 0.582. The van der Waals surface area contributed by atoms with Crippen LogP contribution in [0.2, 0.25) is 5.02 Å². The number of imidazole rings is 1. The lowest BCUT2D eigenvalue weighted by atomic mass is 10.1. The van der Waals surface area contributed by atoms with Crippen molar-refractivity contribution >= 4 is 35.3 Å². The molecule has 0 aliphatic carbocycles. The van der Waals surface area contributed by atoms with Crippen molar-refractivity contribution in [2.75, 3.05) is 12.4 Å². The average molecular weight is 446 g/mol. The van der Waals surface area contributed by atoms with Crippen molar-refractivity contribution in [3.05, 3.63) is 71.4 Å². The molecule has 0 saturated carbocycles. The summed E-state index contributed by atoms with van der Waals surface area (Å²) >= 11 is 7.19. The minimum atomic E-state index is -0.520. The summed E-state index contributed by atoms with van der Waals surface area (Å²) in [6.07, 6.45) is 2.38. The molecule has 30 heavy (non-hydrogen) atoms. The Hall–Kier alpha value is -2.39. The highest BCUT2D eigenvalue weighted by Crippen LogP contribution is 2.32. The Morgan fingerprint density at radius 2 is 2.03 bits per heavy atom. The Morgan fingerprint density at radius 1 is 1.27 bits per heavy atom. The summed E-state index contributed by atoms with van der Waals surface area (Å²) in [5, 5.41) is 2.80. The lowest BCUT2D eigenvalue weighted by Crippen LogP contribution is -2.46. The van der Waals surface area contributed by atoms with Gasteiger partial charge in [0.2, 0.25) is 5.91 Å². The second-order valence-electron chi connectivity index (χ2n) is 7.10. The monoisotopic (exact) mass is 445 g/mol. The van der Waals surface area contributed by atoms with E-state index >= 15 is 0 Å². The molecule has 2 atom stereocenters. The van der Waals surface area contributed by atoms with Gasteiger partial charge in [-0.1, -0.05) is 41.9 Å². The van der Waals surface area contributed by atoms with E-state index in [4.69, 9.17) is 11.6 Å². The van der Waals surface area contributed by atoms with E-state index in [9.17, 15) is 9.18 Å². The first-order valence-electron chi connectivity index (χ1n) is 9.42. The lowest BCUT2D eigenvalue weighted by molar-refractivity contribution is -0.119. The fraction of sp³-hybridized carbons (Fsp3) is 0.238. The zero-order valence-corrected chi connectivity index (χ0v) is 18.0. The molecule has 1 aromatic heterocycles. The van der Waals surface area contributed by atoms with E-state index in [0.717, 1.165) is 17.1 Å². The van der Waals surface area contributed by atoms with Crippen molar-refractivity contribution in [1.82, 2.24) is 18.6 Å². The number of carbonyl (C=O) groups is 1. The van der Waals surface area contributed by atoms with Crippen LogP contribution in [0.25, 0.3) is 11.3 Å². The van der Waals surface area contributed by atoms with E-state index in [1.165, 1.54) is 30.3 Å². The number of benzene rings is 2. The van der Waals surface area contributed by atoms with E-state index in [0.29, 0.717) is 12.1 Å². The molecular formula is C21H21ClFN5OS. The zero-order chi connectivity index (χ0) is 21.3. The SMILES string of the molecule is CN1SNC(c2ncc(-c3ccccc3)n2C)CC1C(=O)Nc1ccc(F)c(Cl)c1. The van der Waals surface area contributed by atoms with Crippen molar-refractivity contribution in [1.29, 1.82) is 0 Å². The van der Waals surface area contributed by atoms with Crippen molar-refractivity contribution in [2.45, 2.75) is 18.5 Å². The predicted octanol–water partition coefficient (Wildman–Crippen LogP) is 4.42. The number of rotatable bonds is 4. The first kappa shape index (κ1) is 20.9. The van der Waals surface area contributed by atoms with Crippen molar-refractivity contribution in [3.63, 3.8) is 0 Å². The van der Waals surface area contributed by atoms with Crippen molar-refractivity contribution in [2.24, 2.45) is 7.05 Å². The van der Waals surface area contributed by atoms with Gasteiger partial charge in [-0.2, -0.15) is 0 Å². The Morgan fingerprint density at radius 3 is 2.77 bits per heavy atom. The average Bonchev–Trinajstić information content (AvgIpc) is 3.13. The summed E-state index contributed by atoms with van der Waals surface area (Å²) in [6.45, 7) is 0. The third kappa shape index (κ3) is 4.22. The van der Waals surface area contributed by atoms with Gasteiger partial charge >= 0.3 is 0 Å². The molecule has 4 rings (SSSR count). The number of nitrogens with zero attached hydrogens (tertiary/aromatic N) is 3. The second-order valence-corrected chi connectivity index (χ2v) is 8.51. The Bertz CT molecular complexity index is 1060. The fourth-order valence-corrected chi connectivity index (χ4v) is 4.47. The molecule has 1 saturated heterocycles. The van der Waals surface area contributed by atoms with Gasteiger partial charge in [0, 0.05) is 24.9 Å². The van der Waals surface area contributed by atoms with Gasteiger partial charge in [0.25, 0.3) is 0 Å². The van der Waals surface area contributed by atoms with Gasteiger partial charge in [-0.3, -0.25) is 4.79 Å². The summed E-state index contributed by atoms with van der Waals surface area (Å²) in [6, 6.07) is 13.7. The van der Waals surface area contributed by atoms with E-state index in [-0.39, 0.29) is 17.0 Å². The van der Waals surface area contributed by atoms with Gasteiger partial charge in [0.1, 0.15) is 17.7 Å². The van der Waals surface area contributed by atoms with Gasteiger partial charge in [0.15, 0.2) is 0 Å². The maximum Gasteiger partial charge on any atom is 0.242 e. The number of anilines is 1. The molecule has 9 heteroatoms. The van der Waals surface area contributed by atoms with Crippen LogP contribution in [-0.4, -0.2) is 32.9 Å². The molecule has 0 spiro atoms. The third-order valence-electron chi connectivity index (χ3n) is 5.13. The second kappa shape index (κ2) is 8.77. The summed E-state index contributed by atoms with van der Waals surface area (Å²) < 4.78 is 20.7. The first-order chi connectivity index (χ1) is 14.4. The number of hydrogen-bond donors (Lipinski definition) is 2. The Labute approximate surface area is 183 Å². The molecule has 0 bridgehead atoms. The number of halogens is 2. The van der Waals surface area contributed by atoms with Gasteiger partial charge in [-0.15, -0.1) is 0 Å². The molecule has 1 aliphatic heterocycles. The van der Waals surface area contributed by atoms with Crippen LogP contribution >= 0.6 is 23.7 Å². The minimum absolute atomic E-state index is 0.0276. The molecule has 156 valence electrons. The van der Waals surface area contributed by atoms with Crippen LogP contribution in [0.4, 0.5) is 10.1 Å². The number of aromatic nitrogens is 2. The number of hydrogen-bond acceptors (Lipinski definition) is 5. The zero-order valence-electron chi connectivity index (χ0n) is 16.5. The number of amides is 1. The van der Waals surface area contributed by atoms with E-state index in [2.05, 4.69) is 15.0 Å². The summed E-state index contributed by atoms with van der Waals surface area (Å²) in [7, 11) is 3.83. The minimum Gasteiger partial charge on any atom is -0.330 e. The van der Waals surface area contributed by atoms with Gasteiger partial charge in [-0.05, 0) is 37.2 Å². The first-order valence-corrected chi connectivity index (χ1v) is 10.6. The maximum absolute atomic E-state index is 13.4. The molecule has 3 aromatic rings. The smallest absolute Gasteiger partial charge is 0.242 e. The molecule has 1 fully saturated rings. The lowest BCUT2D eigenvalue weighted by Gasteiger charge is -2.35. The molecular weight excluding hydrogens is 425 g/mol.